The second kappa shape index (κ2) is 7.97. The van der Waals surface area contributed by atoms with Gasteiger partial charge in [-0.1, -0.05) is 30.3 Å². The molecule has 29 heavy (non-hydrogen) atoms. The smallest absolute Gasteiger partial charge is 0.365 e. The highest BCUT2D eigenvalue weighted by molar-refractivity contribution is 5.33. The molecule has 2 aromatic rings. The van der Waals surface area contributed by atoms with Gasteiger partial charge < -0.3 is 9.47 Å². The molecule has 0 aliphatic carbocycles. The zero-order valence-corrected chi connectivity index (χ0v) is 15.4. The van der Waals surface area contributed by atoms with Gasteiger partial charge in [-0.05, 0) is 36.2 Å². The van der Waals surface area contributed by atoms with Crippen molar-refractivity contribution in [2.75, 3.05) is 13.2 Å². The maximum absolute atomic E-state index is 13.0. The van der Waals surface area contributed by atoms with Crippen molar-refractivity contribution in [1.29, 1.82) is 0 Å². The van der Waals surface area contributed by atoms with Crippen LogP contribution in [0.25, 0.3) is 0 Å². The normalized spacial score (nSPS) is 23.2. The Morgan fingerprint density at radius 2 is 1.59 bits per heavy atom. The van der Waals surface area contributed by atoms with E-state index in [9.17, 15) is 26.3 Å². The van der Waals surface area contributed by atoms with E-state index in [-0.39, 0.29) is 11.6 Å². The van der Waals surface area contributed by atoms with E-state index < -0.39 is 41.9 Å². The summed E-state index contributed by atoms with van der Waals surface area (Å²) in [4.78, 5) is 0. The Morgan fingerprint density at radius 1 is 1.00 bits per heavy atom. The van der Waals surface area contributed by atoms with Gasteiger partial charge in [-0.15, -0.1) is 0 Å². The first-order chi connectivity index (χ1) is 13.5. The quantitative estimate of drug-likeness (QED) is 0.700. The molecule has 0 bridgehead atoms. The number of morpholine rings is 1. The molecule has 0 saturated carbocycles. The molecule has 9 heteroatoms. The van der Waals surface area contributed by atoms with E-state index >= 15 is 0 Å². The summed E-state index contributed by atoms with van der Waals surface area (Å²) in [6, 6.07) is 10.5. The van der Waals surface area contributed by atoms with E-state index in [4.69, 9.17) is 9.47 Å². The van der Waals surface area contributed by atoms with Crippen molar-refractivity contribution in [3.63, 3.8) is 0 Å². The molecule has 1 heterocycles. The van der Waals surface area contributed by atoms with Crippen LogP contribution in [0.15, 0.2) is 48.5 Å². The lowest BCUT2D eigenvalue weighted by molar-refractivity contribution is -0.184. The van der Waals surface area contributed by atoms with E-state index in [1.165, 1.54) is 0 Å². The second-order valence-electron chi connectivity index (χ2n) is 6.88. The molecule has 0 unspecified atom stereocenters. The third-order valence-corrected chi connectivity index (χ3v) is 4.75. The summed E-state index contributed by atoms with van der Waals surface area (Å²) in [7, 11) is 0. The third-order valence-electron chi connectivity index (χ3n) is 4.75. The highest BCUT2D eigenvalue weighted by Crippen LogP contribution is 2.37. The number of benzene rings is 2. The summed E-state index contributed by atoms with van der Waals surface area (Å²) in [6.45, 7) is 2.12. The predicted octanol–water partition coefficient (Wildman–Crippen LogP) is 5.10. The molecule has 2 aromatic carbocycles. The zero-order valence-electron chi connectivity index (χ0n) is 15.4. The molecule has 0 aromatic heterocycles. The summed E-state index contributed by atoms with van der Waals surface area (Å²) < 4.78 is 89.8. The molecule has 0 spiro atoms. The van der Waals surface area contributed by atoms with Crippen molar-refractivity contribution in [3.8, 4) is 0 Å². The van der Waals surface area contributed by atoms with Crippen LogP contribution in [-0.4, -0.2) is 19.4 Å². The Kier molecular flexibility index (Phi) is 5.93. The van der Waals surface area contributed by atoms with Gasteiger partial charge in [0, 0.05) is 6.54 Å². The lowest BCUT2D eigenvalue weighted by atomic mass is 9.92. The molecule has 1 fully saturated rings. The first-order valence-electron chi connectivity index (χ1n) is 8.83. The van der Waals surface area contributed by atoms with Crippen LogP contribution in [0, 0.1) is 0 Å². The highest BCUT2D eigenvalue weighted by atomic mass is 19.4. The zero-order chi connectivity index (χ0) is 21.3. The number of nitrogens with one attached hydrogen (secondary N) is 1. The molecule has 1 aliphatic heterocycles. The summed E-state index contributed by atoms with van der Waals surface area (Å²) in [6.07, 6.45) is -10.6. The average Bonchev–Trinajstić information content (AvgIpc) is 2.66. The van der Waals surface area contributed by atoms with Crippen LogP contribution in [0.3, 0.4) is 0 Å². The van der Waals surface area contributed by atoms with Gasteiger partial charge in [-0.3, -0.25) is 5.32 Å². The van der Waals surface area contributed by atoms with Crippen molar-refractivity contribution in [2.24, 2.45) is 0 Å². The Labute approximate surface area is 163 Å². The van der Waals surface area contributed by atoms with Gasteiger partial charge in [0.15, 0.2) is 0 Å². The molecule has 0 amide bonds. The van der Waals surface area contributed by atoms with Gasteiger partial charge in [-0.2, -0.15) is 26.3 Å². The molecule has 0 radical (unpaired) electrons. The number of ether oxygens (including phenoxy) is 2. The Hall–Kier alpha value is -2.10. The molecule has 3 nitrogen and oxygen atoms in total. The molecular weight excluding hydrogens is 400 g/mol. The number of alkyl halides is 6. The SMILES string of the molecule is C[C@]1(c2ccccc2)OCCN[C@H]1OCc1cc(C(F)(F)F)cc(C(F)(F)F)c1. The average molecular weight is 419 g/mol. The number of hydrogen-bond donors (Lipinski definition) is 1. The van der Waals surface area contributed by atoms with Crippen LogP contribution < -0.4 is 5.32 Å². The minimum atomic E-state index is -4.90. The Bertz CT molecular complexity index is 805. The van der Waals surface area contributed by atoms with E-state index in [0.29, 0.717) is 25.3 Å². The first kappa shape index (κ1) is 21.6. The largest absolute Gasteiger partial charge is 0.416 e. The fraction of sp³-hybridized carbons (Fsp3) is 0.400. The van der Waals surface area contributed by atoms with Crippen LogP contribution in [0.4, 0.5) is 26.3 Å². The highest BCUT2D eigenvalue weighted by Gasteiger charge is 2.41. The number of rotatable bonds is 4. The fourth-order valence-corrected chi connectivity index (χ4v) is 3.23. The lowest BCUT2D eigenvalue weighted by Crippen LogP contribution is -2.55. The van der Waals surface area contributed by atoms with Gasteiger partial charge in [-0.25, -0.2) is 0 Å². The molecule has 1 saturated heterocycles. The van der Waals surface area contributed by atoms with Crippen LogP contribution in [0.2, 0.25) is 0 Å². The molecule has 158 valence electrons. The molecular formula is C20H19F6NO2. The van der Waals surface area contributed by atoms with Crippen LogP contribution in [-0.2, 0) is 34.0 Å². The van der Waals surface area contributed by atoms with Crippen molar-refractivity contribution in [1.82, 2.24) is 5.32 Å². The lowest BCUT2D eigenvalue weighted by Gasteiger charge is -2.42. The van der Waals surface area contributed by atoms with E-state index in [1.54, 1.807) is 19.1 Å². The minimum Gasteiger partial charge on any atom is -0.365 e. The minimum absolute atomic E-state index is 0.0968. The van der Waals surface area contributed by atoms with Crippen LogP contribution in [0.1, 0.15) is 29.2 Å². The number of hydrogen-bond acceptors (Lipinski definition) is 3. The summed E-state index contributed by atoms with van der Waals surface area (Å²) in [5, 5.41) is 3.08. The monoisotopic (exact) mass is 419 g/mol. The summed E-state index contributed by atoms with van der Waals surface area (Å²) in [5.74, 6) is 0. The Balaban J connectivity index is 1.86. The predicted molar refractivity (Wildman–Crippen MR) is 92.8 cm³/mol. The van der Waals surface area contributed by atoms with E-state index in [2.05, 4.69) is 5.32 Å². The van der Waals surface area contributed by atoms with Gasteiger partial charge >= 0.3 is 12.4 Å². The number of halogens is 6. The Morgan fingerprint density at radius 3 is 2.14 bits per heavy atom. The topological polar surface area (TPSA) is 30.5 Å². The summed E-state index contributed by atoms with van der Waals surface area (Å²) >= 11 is 0. The molecule has 3 rings (SSSR count). The van der Waals surface area contributed by atoms with E-state index in [0.717, 1.165) is 5.56 Å². The first-order valence-corrected chi connectivity index (χ1v) is 8.83. The van der Waals surface area contributed by atoms with Gasteiger partial charge in [0.1, 0.15) is 11.8 Å². The molecule has 2 atom stereocenters. The fourth-order valence-electron chi connectivity index (χ4n) is 3.23. The van der Waals surface area contributed by atoms with E-state index in [1.807, 2.05) is 18.2 Å². The van der Waals surface area contributed by atoms with Gasteiger partial charge in [0.05, 0.1) is 24.3 Å². The molecule has 1 aliphatic rings. The molecule has 1 N–H and O–H groups in total. The van der Waals surface area contributed by atoms with Gasteiger partial charge in [0.2, 0.25) is 0 Å². The van der Waals surface area contributed by atoms with Crippen molar-refractivity contribution < 1.29 is 35.8 Å². The van der Waals surface area contributed by atoms with Crippen LogP contribution in [0.5, 0.6) is 0 Å². The summed E-state index contributed by atoms with van der Waals surface area (Å²) in [5.41, 5.74) is -3.14. The standard InChI is InChI=1S/C20H19F6NO2/c1-18(14-5-3-2-4-6-14)17(27-7-8-29-18)28-12-13-9-15(19(21,22)23)11-16(10-13)20(24,25)26/h2-6,9-11,17,27H,7-8,12H2,1H3/t17-,18+/m0/s1. The van der Waals surface area contributed by atoms with Crippen molar-refractivity contribution in [3.05, 3.63) is 70.8 Å². The van der Waals surface area contributed by atoms with Crippen LogP contribution >= 0.6 is 0 Å². The van der Waals surface area contributed by atoms with Crippen molar-refractivity contribution in [2.45, 2.75) is 37.7 Å². The van der Waals surface area contributed by atoms with Gasteiger partial charge in [0.25, 0.3) is 0 Å². The third kappa shape index (κ3) is 4.91. The second-order valence-corrected chi connectivity index (χ2v) is 6.88. The van der Waals surface area contributed by atoms with Crippen molar-refractivity contribution >= 4 is 0 Å². The maximum Gasteiger partial charge on any atom is 0.416 e. The maximum atomic E-state index is 13.0.